The Labute approximate surface area is 120 Å². The third kappa shape index (κ3) is 3.49. The molecule has 2 aliphatic heterocycles. The van der Waals surface area contributed by atoms with Crippen LogP contribution in [0.2, 0.25) is 0 Å². The average molecular weight is 326 g/mol. The van der Waals surface area contributed by atoms with Gasteiger partial charge in [-0.3, -0.25) is 9.59 Å². The maximum absolute atomic E-state index is 11.6. The Morgan fingerprint density at radius 1 is 1.10 bits per heavy atom. The fourth-order valence-corrected chi connectivity index (χ4v) is 2.75. The molecule has 0 N–H and O–H groups in total. The molecule has 10 nitrogen and oxygen atoms in total. The molecule has 3 atom stereocenters. The molecule has 2 rings (SSSR count). The molecule has 2 aliphatic rings. The zero-order chi connectivity index (χ0) is 15.6. The van der Waals surface area contributed by atoms with Gasteiger partial charge >= 0.3 is 22.3 Å². The van der Waals surface area contributed by atoms with Crippen molar-refractivity contribution in [3.8, 4) is 0 Å². The molecule has 0 aromatic carbocycles. The molecule has 2 saturated heterocycles. The Morgan fingerprint density at radius 2 is 1.71 bits per heavy atom. The fraction of sp³-hybridized carbons (Fsp3) is 0.800. The second-order valence-electron chi connectivity index (χ2n) is 4.23. The van der Waals surface area contributed by atoms with Gasteiger partial charge in [0.05, 0.1) is 27.4 Å². The molecule has 0 aliphatic carbocycles. The van der Waals surface area contributed by atoms with Gasteiger partial charge in [0, 0.05) is 0 Å². The Balaban J connectivity index is 2.09. The Hall–Kier alpha value is -1.27. The van der Waals surface area contributed by atoms with Crippen molar-refractivity contribution in [2.75, 3.05) is 27.4 Å². The van der Waals surface area contributed by atoms with Gasteiger partial charge in [-0.15, -0.1) is 0 Å². The molecular weight excluding hydrogens is 312 g/mol. The van der Waals surface area contributed by atoms with Crippen LogP contribution in [0.4, 0.5) is 0 Å². The molecule has 2 fully saturated rings. The molecular formula is C10H14O10S. The number of hydrogen-bond donors (Lipinski definition) is 0. The fourth-order valence-electron chi connectivity index (χ4n) is 1.91. The summed E-state index contributed by atoms with van der Waals surface area (Å²) in [5.74, 6) is -3.23. The van der Waals surface area contributed by atoms with Gasteiger partial charge in [-0.05, 0) is 0 Å². The van der Waals surface area contributed by atoms with Crippen molar-refractivity contribution in [1.29, 1.82) is 0 Å². The second-order valence-corrected chi connectivity index (χ2v) is 5.47. The third-order valence-corrected chi connectivity index (χ3v) is 3.86. The van der Waals surface area contributed by atoms with Gasteiger partial charge in [0.2, 0.25) is 5.92 Å². The number of hydrogen-bond acceptors (Lipinski definition) is 10. The Kier molecular flexibility index (Phi) is 4.78. The van der Waals surface area contributed by atoms with Crippen LogP contribution in [-0.2, 0) is 47.3 Å². The van der Waals surface area contributed by atoms with Gasteiger partial charge in [0.15, 0.2) is 6.29 Å². The first kappa shape index (κ1) is 16.1. The van der Waals surface area contributed by atoms with E-state index < -0.39 is 46.8 Å². The molecule has 120 valence electrons. The molecule has 0 spiro atoms. The lowest BCUT2D eigenvalue weighted by Crippen LogP contribution is -2.55. The largest absolute Gasteiger partial charge is 0.468 e. The number of esters is 2. The van der Waals surface area contributed by atoms with Crippen molar-refractivity contribution >= 4 is 22.3 Å². The normalized spacial score (nSPS) is 31.3. The molecule has 0 saturated carbocycles. The predicted molar refractivity (Wildman–Crippen MR) is 61.9 cm³/mol. The number of rotatable bonds is 3. The molecule has 0 amide bonds. The highest BCUT2D eigenvalue weighted by Crippen LogP contribution is 2.27. The molecule has 1 unspecified atom stereocenters. The maximum Gasteiger partial charge on any atom is 0.400 e. The highest BCUT2D eigenvalue weighted by atomic mass is 32.3. The van der Waals surface area contributed by atoms with Crippen molar-refractivity contribution in [1.82, 2.24) is 0 Å². The summed E-state index contributed by atoms with van der Waals surface area (Å²) in [6.45, 7) is -0.496. The summed E-state index contributed by atoms with van der Waals surface area (Å²) >= 11 is 0. The first-order chi connectivity index (χ1) is 9.88. The van der Waals surface area contributed by atoms with E-state index in [0.29, 0.717) is 0 Å². The van der Waals surface area contributed by atoms with E-state index in [0.717, 1.165) is 14.2 Å². The molecule has 0 bridgehead atoms. The Bertz CT molecular complexity index is 498. The van der Waals surface area contributed by atoms with Crippen LogP contribution in [-0.4, -0.2) is 66.3 Å². The van der Waals surface area contributed by atoms with Crippen LogP contribution >= 0.6 is 0 Å². The zero-order valence-corrected chi connectivity index (χ0v) is 12.0. The van der Waals surface area contributed by atoms with Gasteiger partial charge in [-0.1, -0.05) is 0 Å². The van der Waals surface area contributed by atoms with Crippen LogP contribution in [0.5, 0.6) is 0 Å². The van der Waals surface area contributed by atoms with Crippen LogP contribution in [0.1, 0.15) is 0 Å². The van der Waals surface area contributed by atoms with E-state index in [-0.39, 0.29) is 13.2 Å². The van der Waals surface area contributed by atoms with E-state index >= 15 is 0 Å². The van der Waals surface area contributed by atoms with E-state index in [2.05, 4.69) is 17.8 Å². The molecule has 21 heavy (non-hydrogen) atoms. The van der Waals surface area contributed by atoms with Crippen LogP contribution in [0, 0.1) is 5.92 Å². The van der Waals surface area contributed by atoms with Gasteiger partial charge in [-0.2, -0.15) is 8.42 Å². The van der Waals surface area contributed by atoms with Gasteiger partial charge in [0.25, 0.3) is 0 Å². The lowest BCUT2D eigenvalue weighted by atomic mass is 10.1. The van der Waals surface area contributed by atoms with Crippen molar-refractivity contribution < 1.29 is 45.3 Å². The van der Waals surface area contributed by atoms with Crippen molar-refractivity contribution in [3.05, 3.63) is 0 Å². The SMILES string of the molecule is COC(=O)C(C(=O)OC)C1OC[C@@H]2OS(=O)(=O)OC[C@H]2O1. The van der Waals surface area contributed by atoms with E-state index in [9.17, 15) is 18.0 Å². The number of carbonyl (C=O) groups is 2. The summed E-state index contributed by atoms with van der Waals surface area (Å²) in [5, 5.41) is 0. The number of fused-ring (bicyclic) bond motifs is 1. The van der Waals surface area contributed by atoms with Crippen molar-refractivity contribution in [2.45, 2.75) is 18.5 Å². The lowest BCUT2D eigenvalue weighted by Gasteiger charge is -2.39. The summed E-state index contributed by atoms with van der Waals surface area (Å²) in [6, 6.07) is 0. The van der Waals surface area contributed by atoms with Gasteiger partial charge in [-0.25, -0.2) is 8.37 Å². The van der Waals surface area contributed by atoms with E-state index in [1.807, 2.05) is 0 Å². The average Bonchev–Trinajstić information content (AvgIpc) is 2.46. The highest BCUT2D eigenvalue weighted by Gasteiger charge is 2.47. The smallest absolute Gasteiger partial charge is 0.400 e. The summed E-state index contributed by atoms with van der Waals surface area (Å²) < 4.78 is 50.9. The molecule has 0 aromatic heterocycles. The first-order valence-corrected chi connectivity index (χ1v) is 7.21. The lowest BCUT2D eigenvalue weighted by molar-refractivity contribution is -0.276. The molecule has 2 heterocycles. The summed E-state index contributed by atoms with van der Waals surface area (Å²) in [5.41, 5.74) is 0. The molecule has 11 heteroatoms. The second kappa shape index (κ2) is 6.23. The van der Waals surface area contributed by atoms with Crippen LogP contribution in [0.25, 0.3) is 0 Å². The standard InChI is InChI=1S/C10H14O10S/c1-15-8(11)7(9(12)16-2)10-17-3-6-5(19-10)4-18-21(13,14)20-6/h5-7,10H,3-4H2,1-2H3/t5-,6+,10?/m1/s1. The minimum absolute atomic E-state index is 0.192. The Morgan fingerprint density at radius 3 is 2.29 bits per heavy atom. The maximum atomic E-state index is 11.6. The zero-order valence-electron chi connectivity index (χ0n) is 11.2. The van der Waals surface area contributed by atoms with Crippen LogP contribution < -0.4 is 0 Å². The number of carbonyl (C=O) groups excluding carboxylic acids is 2. The highest BCUT2D eigenvalue weighted by molar-refractivity contribution is 7.81. The van der Waals surface area contributed by atoms with E-state index in [1.165, 1.54) is 0 Å². The quantitative estimate of drug-likeness (QED) is 0.440. The van der Waals surface area contributed by atoms with Gasteiger partial charge in [0.1, 0.15) is 12.2 Å². The van der Waals surface area contributed by atoms with Crippen LogP contribution in [0.3, 0.4) is 0 Å². The summed E-state index contributed by atoms with van der Waals surface area (Å²) in [4.78, 5) is 23.3. The minimum atomic E-state index is -4.08. The third-order valence-electron chi connectivity index (χ3n) is 2.95. The van der Waals surface area contributed by atoms with Crippen molar-refractivity contribution in [3.63, 3.8) is 0 Å². The monoisotopic (exact) mass is 326 g/mol. The number of methoxy groups -OCH3 is 2. The summed E-state index contributed by atoms with van der Waals surface area (Å²) in [7, 11) is -1.88. The number of ether oxygens (including phenoxy) is 4. The van der Waals surface area contributed by atoms with Crippen molar-refractivity contribution in [2.24, 2.45) is 5.92 Å². The minimum Gasteiger partial charge on any atom is -0.468 e. The topological polar surface area (TPSA) is 124 Å². The molecule has 0 radical (unpaired) electrons. The summed E-state index contributed by atoms with van der Waals surface area (Å²) in [6.07, 6.45) is -2.99. The molecule has 0 aromatic rings. The first-order valence-electron chi connectivity index (χ1n) is 5.88. The van der Waals surface area contributed by atoms with E-state index in [4.69, 9.17) is 9.47 Å². The van der Waals surface area contributed by atoms with E-state index in [1.54, 1.807) is 0 Å². The predicted octanol–water partition coefficient (Wildman–Crippen LogP) is -1.65. The van der Waals surface area contributed by atoms with Gasteiger partial charge < -0.3 is 18.9 Å². The van der Waals surface area contributed by atoms with Crippen LogP contribution in [0.15, 0.2) is 0 Å².